The molecule has 0 radical (unpaired) electrons. The van der Waals surface area contributed by atoms with Gasteiger partial charge in [-0.1, -0.05) is 13.8 Å². The first kappa shape index (κ1) is 18.7. The molecular weight excluding hydrogens is 300 g/mol. The molecule has 1 aromatic rings. The molecule has 7 nitrogen and oxygen atoms in total. The third-order valence-corrected chi connectivity index (χ3v) is 3.27. The summed E-state index contributed by atoms with van der Waals surface area (Å²) < 4.78 is 10.5. The Labute approximate surface area is 136 Å². The van der Waals surface area contributed by atoms with Crippen LogP contribution in [0.3, 0.4) is 0 Å². The molecule has 1 aromatic carbocycles. The van der Waals surface area contributed by atoms with Gasteiger partial charge in [0.25, 0.3) is 11.6 Å². The van der Waals surface area contributed by atoms with Crippen molar-refractivity contribution in [1.82, 2.24) is 5.32 Å². The minimum atomic E-state index is -0.596. The maximum atomic E-state index is 12.3. The van der Waals surface area contributed by atoms with E-state index >= 15 is 0 Å². The quantitative estimate of drug-likeness (QED) is 0.428. The number of nitro benzene ring substituents is 1. The number of nitrogens with one attached hydrogen (secondary N) is 1. The van der Waals surface area contributed by atoms with Gasteiger partial charge in [0.05, 0.1) is 24.7 Å². The summed E-state index contributed by atoms with van der Waals surface area (Å²) in [5.74, 6) is 0.610. The van der Waals surface area contributed by atoms with Gasteiger partial charge >= 0.3 is 0 Å². The van der Waals surface area contributed by atoms with Crippen LogP contribution in [0.2, 0.25) is 0 Å². The fourth-order valence-corrected chi connectivity index (χ4v) is 2.12. The molecule has 1 amide bonds. The fraction of sp³-hybridized carbons (Fsp3) is 0.562. The smallest absolute Gasteiger partial charge is 0.286 e. The van der Waals surface area contributed by atoms with Gasteiger partial charge in [-0.05, 0) is 25.7 Å². The number of hydrogen-bond acceptors (Lipinski definition) is 5. The Morgan fingerprint density at radius 3 is 2.57 bits per heavy atom. The highest BCUT2D eigenvalue weighted by molar-refractivity contribution is 5.99. The van der Waals surface area contributed by atoms with Gasteiger partial charge in [-0.25, -0.2) is 0 Å². The fourth-order valence-electron chi connectivity index (χ4n) is 2.12. The lowest BCUT2D eigenvalue weighted by atomic mass is 10.1. The van der Waals surface area contributed by atoms with Gasteiger partial charge < -0.3 is 14.8 Å². The van der Waals surface area contributed by atoms with E-state index < -0.39 is 10.8 Å². The summed E-state index contributed by atoms with van der Waals surface area (Å²) in [7, 11) is 1.40. The summed E-state index contributed by atoms with van der Waals surface area (Å²) >= 11 is 0. The lowest BCUT2D eigenvalue weighted by Crippen LogP contribution is -2.25. The molecule has 0 unspecified atom stereocenters. The highest BCUT2D eigenvalue weighted by Crippen LogP contribution is 2.34. The van der Waals surface area contributed by atoms with E-state index in [0.717, 1.165) is 12.8 Å². The van der Waals surface area contributed by atoms with Crippen molar-refractivity contribution in [2.75, 3.05) is 20.3 Å². The SMILES string of the molecule is CCOc1cc(C(=O)NCCCC(C)C)c([N+](=O)[O-])cc1OC. The molecule has 0 saturated heterocycles. The first-order chi connectivity index (χ1) is 10.9. The second-order valence-electron chi connectivity index (χ2n) is 5.50. The zero-order valence-electron chi connectivity index (χ0n) is 14.0. The van der Waals surface area contributed by atoms with E-state index in [4.69, 9.17) is 9.47 Å². The van der Waals surface area contributed by atoms with E-state index in [2.05, 4.69) is 19.2 Å². The van der Waals surface area contributed by atoms with E-state index in [1.807, 2.05) is 0 Å². The molecule has 0 aliphatic rings. The Balaban J connectivity index is 2.99. The van der Waals surface area contributed by atoms with Crippen LogP contribution in [0.1, 0.15) is 44.0 Å². The minimum absolute atomic E-state index is 0.0243. The average Bonchev–Trinajstić information content (AvgIpc) is 2.50. The number of ether oxygens (including phenoxy) is 2. The first-order valence-corrected chi connectivity index (χ1v) is 7.68. The Hall–Kier alpha value is -2.31. The van der Waals surface area contributed by atoms with Gasteiger partial charge in [0.1, 0.15) is 5.56 Å². The maximum Gasteiger partial charge on any atom is 0.286 e. The van der Waals surface area contributed by atoms with Crippen LogP contribution in [0.4, 0.5) is 5.69 Å². The highest BCUT2D eigenvalue weighted by atomic mass is 16.6. The van der Waals surface area contributed by atoms with Crippen LogP contribution in [0.15, 0.2) is 12.1 Å². The van der Waals surface area contributed by atoms with E-state index in [0.29, 0.717) is 24.8 Å². The largest absolute Gasteiger partial charge is 0.493 e. The van der Waals surface area contributed by atoms with Gasteiger partial charge in [-0.15, -0.1) is 0 Å². The molecule has 0 saturated carbocycles. The van der Waals surface area contributed by atoms with Crippen LogP contribution < -0.4 is 14.8 Å². The number of nitrogens with zero attached hydrogens (tertiary/aromatic N) is 1. The van der Waals surface area contributed by atoms with Crippen molar-refractivity contribution >= 4 is 11.6 Å². The molecule has 0 aliphatic heterocycles. The van der Waals surface area contributed by atoms with Crippen LogP contribution >= 0.6 is 0 Å². The van der Waals surface area contributed by atoms with Crippen molar-refractivity contribution in [2.24, 2.45) is 5.92 Å². The second kappa shape index (κ2) is 8.97. The van der Waals surface area contributed by atoms with Crippen molar-refractivity contribution in [2.45, 2.75) is 33.6 Å². The van der Waals surface area contributed by atoms with Gasteiger partial charge in [0, 0.05) is 12.6 Å². The molecule has 23 heavy (non-hydrogen) atoms. The summed E-state index contributed by atoms with van der Waals surface area (Å²) in [5, 5.41) is 13.9. The summed E-state index contributed by atoms with van der Waals surface area (Å²) in [5.41, 5.74) is -0.324. The number of nitro groups is 1. The molecule has 0 spiro atoms. The Morgan fingerprint density at radius 2 is 2.04 bits per heavy atom. The van der Waals surface area contributed by atoms with Gasteiger partial charge in [-0.3, -0.25) is 14.9 Å². The number of methoxy groups -OCH3 is 1. The van der Waals surface area contributed by atoms with Crippen LogP contribution in [0.5, 0.6) is 11.5 Å². The molecule has 0 bridgehead atoms. The number of amides is 1. The van der Waals surface area contributed by atoms with Crippen molar-refractivity contribution < 1.29 is 19.2 Å². The van der Waals surface area contributed by atoms with E-state index in [-0.39, 0.29) is 17.0 Å². The van der Waals surface area contributed by atoms with Crippen LogP contribution in [-0.2, 0) is 0 Å². The lowest BCUT2D eigenvalue weighted by molar-refractivity contribution is -0.385. The number of carbonyl (C=O) groups is 1. The van der Waals surface area contributed by atoms with Crippen molar-refractivity contribution in [3.8, 4) is 11.5 Å². The van der Waals surface area contributed by atoms with Crippen LogP contribution in [-0.4, -0.2) is 31.1 Å². The summed E-state index contributed by atoms with van der Waals surface area (Å²) in [6.45, 7) is 6.83. The van der Waals surface area contributed by atoms with Crippen LogP contribution in [0.25, 0.3) is 0 Å². The Bertz CT molecular complexity index is 558. The molecule has 0 fully saturated rings. The molecule has 128 valence electrons. The lowest BCUT2D eigenvalue weighted by Gasteiger charge is -2.12. The molecule has 0 aromatic heterocycles. The van der Waals surface area contributed by atoms with Crippen molar-refractivity contribution in [3.05, 3.63) is 27.8 Å². The predicted molar refractivity (Wildman–Crippen MR) is 87.2 cm³/mol. The van der Waals surface area contributed by atoms with E-state index in [1.165, 1.54) is 19.2 Å². The summed E-state index contributed by atoms with van der Waals surface area (Å²) in [4.78, 5) is 22.9. The van der Waals surface area contributed by atoms with Gasteiger partial charge in [0.2, 0.25) is 0 Å². The van der Waals surface area contributed by atoms with Crippen molar-refractivity contribution in [1.29, 1.82) is 0 Å². The van der Waals surface area contributed by atoms with Crippen molar-refractivity contribution in [3.63, 3.8) is 0 Å². The number of carbonyl (C=O) groups excluding carboxylic acids is 1. The Morgan fingerprint density at radius 1 is 1.35 bits per heavy atom. The van der Waals surface area contributed by atoms with E-state index in [9.17, 15) is 14.9 Å². The normalized spacial score (nSPS) is 10.5. The average molecular weight is 324 g/mol. The van der Waals surface area contributed by atoms with E-state index in [1.54, 1.807) is 6.92 Å². The molecule has 0 atom stereocenters. The molecule has 7 heteroatoms. The molecule has 0 aliphatic carbocycles. The second-order valence-corrected chi connectivity index (χ2v) is 5.50. The number of rotatable bonds is 9. The highest BCUT2D eigenvalue weighted by Gasteiger charge is 2.24. The third kappa shape index (κ3) is 5.43. The summed E-state index contributed by atoms with van der Waals surface area (Å²) in [6.07, 6.45) is 1.81. The first-order valence-electron chi connectivity index (χ1n) is 7.68. The molecular formula is C16H24N2O5. The number of hydrogen-bond donors (Lipinski definition) is 1. The monoisotopic (exact) mass is 324 g/mol. The summed E-state index contributed by atoms with van der Waals surface area (Å²) in [6, 6.07) is 2.58. The maximum absolute atomic E-state index is 12.3. The topological polar surface area (TPSA) is 90.7 Å². The molecule has 1 N–H and O–H groups in total. The Kier molecular flexibility index (Phi) is 7.31. The zero-order chi connectivity index (χ0) is 17.4. The van der Waals surface area contributed by atoms with Gasteiger partial charge in [-0.2, -0.15) is 0 Å². The predicted octanol–water partition coefficient (Wildman–Crippen LogP) is 3.17. The zero-order valence-corrected chi connectivity index (χ0v) is 14.0. The minimum Gasteiger partial charge on any atom is -0.493 e. The standard InChI is InChI=1S/C16H24N2O5/c1-5-23-15-9-12(13(18(20)21)10-14(15)22-4)16(19)17-8-6-7-11(2)3/h9-11H,5-8H2,1-4H3,(H,17,19). The molecule has 0 heterocycles. The third-order valence-electron chi connectivity index (χ3n) is 3.27. The van der Waals surface area contributed by atoms with Crippen LogP contribution in [0, 0.1) is 16.0 Å². The number of benzene rings is 1. The van der Waals surface area contributed by atoms with Gasteiger partial charge in [0.15, 0.2) is 11.5 Å². The molecule has 1 rings (SSSR count).